The third-order valence-corrected chi connectivity index (χ3v) is 3.49. The molecule has 0 saturated carbocycles. The normalized spacial score (nSPS) is 23.8. The first-order valence-electron chi connectivity index (χ1n) is 6.92. The Morgan fingerprint density at radius 2 is 2.00 bits per heavy atom. The lowest BCUT2D eigenvalue weighted by atomic mass is 9.94. The summed E-state index contributed by atoms with van der Waals surface area (Å²) in [5.41, 5.74) is 9.37. The van der Waals surface area contributed by atoms with E-state index in [4.69, 9.17) is 0 Å². The van der Waals surface area contributed by atoms with E-state index in [0.717, 1.165) is 19.6 Å². The molecule has 0 radical (unpaired) electrons. The highest BCUT2D eigenvalue weighted by Crippen LogP contribution is 2.24. The summed E-state index contributed by atoms with van der Waals surface area (Å²) in [4.78, 5) is 0. The number of hydrogen-bond acceptors (Lipinski definition) is 3. The fourth-order valence-corrected chi connectivity index (χ4v) is 2.41. The first-order chi connectivity index (χ1) is 8.66. The van der Waals surface area contributed by atoms with E-state index in [9.17, 15) is 0 Å². The van der Waals surface area contributed by atoms with Crippen molar-refractivity contribution in [3.8, 4) is 0 Å². The topological polar surface area (TPSA) is 36.1 Å². The minimum atomic E-state index is 0.422. The van der Waals surface area contributed by atoms with Crippen LogP contribution in [-0.2, 0) is 0 Å². The first-order valence-corrected chi connectivity index (χ1v) is 6.92. The zero-order valence-corrected chi connectivity index (χ0v) is 11.7. The maximum atomic E-state index is 3.56. The second-order valence-corrected chi connectivity index (χ2v) is 5.73. The lowest BCUT2D eigenvalue weighted by Crippen LogP contribution is -2.30. The molecule has 1 aliphatic rings. The standard InChI is InChI=1S/C15H25N3/c1-11(2)8-16-9-14-10-17-18-15(14)13-6-4-12(3)5-7-13/h4-7,11,14-18H,8-10H2,1-3H3. The summed E-state index contributed by atoms with van der Waals surface area (Å²) < 4.78 is 0. The Morgan fingerprint density at radius 3 is 2.67 bits per heavy atom. The summed E-state index contributed by atoms with van der Waals surface area (Å²) >= 11 is 0. The van der Waals surface area contributed by atoms with Crippen LogP contribution in [0.2, 0.25) is 0 Å². The highest BCUT2D eigenvalue weighted by Gasteiger charge is 2.27. The van der Waals surface area contributed by atoms with Gasteiger partial charge in [-0.3, -0.25) is 5.43 Å². The van der Waals surface area contributed by atoms with Crippen molar-refractivity contribution in [2.75, 3.05) is 19.6 Å². The van der Waals surface area contributed by atoms with Crippen molar-refractivity contribution in [2.45, 2.75) is 26.8 Å². The van der Waals surface area contributed by atoms with Gasteiger partial charge in [0.15, 0.2) is 0 Å². The van der Waals surface area contributed by atoms with E-state index < -0.39 is 0 Å². The summed E-state index contributed by atoms with van der Waals surface area (Å²) in [6.07, 6.45) is 0. The van der Waals surface area contributed by atoms with Gasteiger partial charge in [0.2, 0.25) is 0 Å². The molecule has 1 aromatic carbocycles. The molecular formula is C15H25N3. The number of hydrogen-bond donors (Lipinski definition) is 3. The Kier molecular flexibility index (Phi) is 4.75. The van der Waals surface area contributed by atoms with E-state index in [0.29, 0.717) is 17.9 Å². The predicted octanol–water partition coefficient (Wildman–Crippen LogP) is 2.01. The van der Waals surface area contributed by atoms with Crippen molar-refractivity contribution in [2.24, 2.45) is 11.8 Å². The van der Waals surface area contributed by atoms with Gasteiger partial charge in [-0.1, -0.05) is 43.7 Å². The average molecular weight is 247 g/mol. The van der Waals surface area contributed by atoms with Crippen molar-refractivity contribution in [3.63, 3.8) is 0 Å². The first kappa shape index (κ1) is 13.5. The minimum absolute atomic E-state index is 0.422. The molecule has 1 fully saturated rings. The zero-order chi connectivity index (χ0) is 13.0. The van der Waals surface area contributed by atoms with Gasteiger partial charge in [-0.25, -0.2) is 5.43 Å². The summed E-state index contributed by atoms with van der Waals surface area (Å²) in [7, 11) is 0. The van der Waals surface area contributed by atoms with Crippen molar-refractivity contribution < 1.29 is 0 Å². The maximum Gasteiger partial charge on any atom is 0.0515 e. The van der Waals surface area contributed by atoms with Gasteiger partial charge in [0, 0.05) is 19.0 Å². The van der Waals surface area contributed by atoms with E-state index in [2.05, 4.69) is 61.2 Å². The van der Waals surface area contributed by atoms with Gasteiger partial charge in [0.05, 0.1) is 6.04 Å². The van der Waals surface area contributed by atoms with E-state index in [-0.39, 0.29) is 0 Å². The van der Waals surface area contributed by atoms with Crippen molar-refractivity contribution >= 4 is 0 Å². The van der Waals surface area contributed by atoms with Gasteiger partial charge in [0.25, 0.3) is 0 Å². The Hall–Kier alpha value is -0.900. The quantitative estimate of drug-likeness (QED) is 0.745. The van der Waals surface area contributed by atoms with Gasteiger partial charge < -0.3 is 5.32 Å². The molecule has 1 aromatic rings. The molecule has 3 heteroatoms. The van der Waals surface area contributed by atoms with Gasteiger partial charge in [0.1, 0.15) is 0 Å². The number of rotatable bonds is 5. The Balaban J connectivity index is 1.92. The van der Waals surface area contributed by atoms with Crippen molar-refractivity contribution in [1.29, 1.82) is 0 Å². The van der Waals surface area contributed by atoms with E-state index in [1.807, 2.05) is 0 Å². The number of aryl methyl sites for hydroxylation is 1. The fourth-order valence-electron chi connectivity index (χ4n) is 2.41. The molecule has 3 N–H and O–H groups in total. The molecule has 3 nitrogen and oxygen atoms in total. The molecule has 1 aliphatic heterocycles. The molecule has 100 valence electrons. The molecule has 2 rings (SSSR count). The zero-order valence-electron chi connectivity index (χ0n) is 11.7. The van der Waals surface area contributed by atoms with Gasteiger partial charge in [-0.2, -0.15) is 0 Å². The third kappa shape index (κ3) is 3.55. The van der Waals surface area contributed by atoms with Crippen LogP contribution >= 0.6 is 0 Å². The van der Waals surface area contributed by atoms with Crippen molar-refractivity contribution in [1.82, 2.24) is 16.2 Å². The van der Waals surface area contributed by atoms with Gasteiger partial charge in [-0.15, -0.1) is 0 Å². The molecule has 18 heavy (non-hydrogen) atoms. The molecule has 1 heterocycles. The van der Waals surface area contributed by atoms with Crippen molar-refractivity contribution in [3.05, 3.63) is 35.4 Å². The van der Waals surface area contributed by atoms with Crippen LogP contribution in [0.1, 0.15) is 31.0 Å². The maximum absolute atomic E-state index is 3.56. The molecular weight excluding hydrogens is 222 g/mol. The van der Waals surface area contributed by atoms with Gasteiger partial charge >= 0.3 is 0 Å². The van der Waals surface area contributed by atoms with Crippen LogP contribution in [0.25, 0.3) is 0 Å². The van der Waals surface area contributed by atoms with Crippen LogP contribution in [-0.4, -0.2) is 19.6 Å². The second kappa shape index (κ2) is 6.32. The summed E-state index contributed by atoms with van der Waals surface area (Å²) in [6, 6.07) is 9.26. The minimum Gasteiger partial charge on any atom is -0.316 e. The Bertz CT molecular complexity index is 359. The molecule has 0 amide bonds. The van der Waals surface area contributed by atoms with Crippen LogP contribution < -0.4 is 16.2 Å². The predicted molar refractivity (Wildman–Crippen MR) is 76.3 cm³/mol. The lowest BCUT2D eigenvalue weighted by molar-refractivity contribution is 0.425. The SMILES string of the molecule is Cc1ccc(C2NNCC2CNCC(C)C)cc1. The van der Waals surface area contributed by atoms with Crippen LogP contribution in [0.3, 0.4) is 0 Å². The largest absolute Gasteiger partial charge is 0.316 e. The average Bonchev–Trinajstić information content (AvgIpc) is 2.78. The van der Waals surface area contributed by atoms with E-state index in [1.54, 1.807) is 0 Å². The van der Waals surface area contributed by atoms with Crippen LogP contribution in [0.4, 0.5) is 0 Å². The number of nitrogens with one attached hydrogen (secondary N) is 3. The summed E-state index contributed by atoms with van der Waals surface area (Å²) in [6.45, 7) is 9.81. The molecule has 0 spiro atoms. The molecule has 2 atom stereocenters. The Morgan fingerprint density at radius 1 is 1.28 bits per heavy atom. The van der Waals surface area contributed by atoms with E-state index >= 15 is 0 Å². The fraction of sp³-hybridized carbons (Fsp3) is 0.600. The highest BCUT2D eigenvalue weighted by atomic mass is 15.4. The van der Waals surface area contributed by atoms with Crippen LogP contribution in [0, 0.1) is 18.8 Å². The van der Waals surface area contributed by atoms with Crippen LogP contribution in [0.15, 0.2) is 24.3 Å². The summed E-state index contributed by atoms with van der Waals surface area (Å²) in [5.74, 6) is 1.33. The molecule has 1 saturated heterocycles. The molecule has 0 bridgehead atoms. The Labute approximate surface area is 110 Å². The molecule has 0 aromatic heterocycles. The van der Waals surface area contributed by atoms with Crippen LogP contribution in [0.5, 0.6) is 0 Å². The van der Waals surface area contributed by atoms with Gasteiger partial charge in [-0.05, 0) is 24.9 Å². The second-order valence-electron chi connectivity index (χ2n) is 5.73. The van der Waals surface area contributed by atoms with E-state index in [1.165, 1.54) is 11.1 Å². The summed E-state index contributed by atoms with van der Waals surface area (Å²) in [5, 5.41) is 3.56. The monoisotopic (exact) mass is 247 g/mol. The third-order valence-electron chi connectivity index (χ3n) is 3.49. The molecule has 0 aliphatic carbocycles. The number of hydrazine groups is 1. The highest BCUT2D eigenvalue weighted by molar-refractivity contribution is 5.25. The lowest BCUT2D eigenvalue weighted by Gasteiger charge is -2.20. The molecule has 2 unspecified atom stereocenters. The smallest absolute Gasteiger partial charge is 0.0515 e. The number of benzene rings is 1.